The average molecular weight is 1350 g/mol. The van der Waals surface area contributed by atoms with E-state index in [1.165, 1.54) is 161 Å². The Kier molecular flexibility index (Phi) is 61.3. The number of aliphatic hydroxyl groups is 1. The molecule has 3 N–H and O–H groups in total. The number of rotatable bonds is 70. The lowest BCUT2D eigenvalue weighted by Crippen LogP contribution is -2.30. The maximum absolute atomic E-state index is 13.0. The molecule has 0 saturated heterocycles. The quantitative estimate of drug-likeness (QED) is 0.0222. The highest BCUT2D eigenvalue weighted by Gasteiger charge is 2.30. The molecule has 92 heavy (non-hydrogen) atoms. The second-order valence-electron chi connectivity index (χ2n) is 27.8. The maximum atomic E-state index is 13.0. The Hall–Kier alpha value is -1.94. The van der Waals surface area contributed by atoms with Crippen LogP contribution in [0.2, 0.25) is 0 Å². The average Bonchev–Trinajstić information content (AvgIpc) is 2.45. The number of phosphoric ester groups is 2. The van der Waals surface area contributed by atoms with Gasteiger partial charge in [-0.2, -0.15) is 0 Å². The summed E-state index contributed by atoms with van der Waals surface area (Å²) in [6, 6.07) is 0. The molecular formula is C73H142O17P2. The molecule has 0 aromatic rings. The molecule has 19 heteroatoms. The number of unbranched alkanes of at least 4 members (excludes halogenated alkanes) is 34. The van der Waals surface area contributed by atoms with Gasteiger partial charge in [0.2, 0.25) is 0 Å². The van der Waals surface area contributed by atoms with Gasteiger partial charge in [0.1, 0.15) is 19.3 Å². The van der Waals surface area contributed by atoms with E-state index in [9.17, 15) is 43.2 Å². The highest BCUT2D eigenvalue weighted by atomic mass is 31.2. The fourth-order valence-corrected chi connectivity index (χ4v) is 12.5. The van der Waals surface area contributed by atoms with Crippen LogP contribution in [0.4, 0.5) is 0 Å². The Morgan fingerprint density at radius 1 is 0.304 bits per heavy atom. The minimum atomic E-state index is -4.95. The molecule has 0 rings (SSSR count). The molecule has 0 fully saturated rings. The van der Waals surface area contributed by atoms with E-state index in [1.807, 2.05) is 0 Å². The summed E-state index contributed by atoms with van der Waals surface area (Å²) < 4.78 is 68.4. The van der Waals surface area contributed by atoms with Gasteiger partial charge in [0.15, 0.2) is 12.2 Å². The van der Waals surface area contributed by atoms with Gasteiger partial charge >= 0.3 is 39.5 Å². The Labute approximate surface area is 562 Å². The monoisotopic (exact) mass is 1350 g/mol. The van der Waals surface area contributed by atoms with Gasteiger partial charge in [0, 0.05) is 25.7 Å². The lowest BCUT2D eigenvalue weighted by Gasteiger charge is -2.21. The Bertz CT molecular complexity index is 1820. The second-order valence-corrected chi connectivity index (χ2v) is 30.7. The summed E-state index contributed by atoms with van der Waals surface area (Å²) in [4.78, 5) is 72.7. The van der Waals surface area contributed by atoms with Crippen molar-refractivity contribution in [2.45, 2.75) is 382 Å². The highest BCUT2D eigenvalue weighted by Crippen LogP contribution is 2.45. The first-order chi connectivity index (χ1) is 44.2. The van der Waals surface area contributed by atoms with Crippen LogP contribution in [0.25, 0.3) is 0 Å². The van der Waals surface area contributed by atoms with Gasteiger partial charge in [-0.25, -0.2) is 9.13 Å². The molecule has 0 aromatic heterocycles. The Morgan fingerprint density at radius 3 is 0.772 bits per heavy atom. The van der Waals surface area contributed by atoms with E-state index >= 15 is 0 Å². The molecule has 0 bridgehead atoms. The zero-order chi connectivity index (χ0) is 68.2. The molecule has 0 amide bonds. The third kappa shape index (κ3) is 64.1. The van der Waals surface area contributed by atoms with Crippen molar-refractivity contribution in [2.75, 3.05) is 39.6 Å². The fourth-order valence-electron chi connectivity index (χ4n) is 11.0. The van der Waals surface area contributed by atoms with Gasteiger partial charge in [0.05, 0.1) is 26.4 Å². The number of aliphatic hydroxyl groups excluding tert-OH is 1. The minimum absolute atomic E-state index is 0.104. The summed E-state index contributed by atoms with van der Waals surface area (Å²) >= 11 is 0. The molecular weight excluding hydrogens is 1210 g/mol. The maximum Gasteiger partial charge on any atom is 0.472 e. The second kappa shape index (κ2) is 62.6. The zero-order valence-corrected chi connectivity index (χ0v) is 62.0. The SMILES string of the molecule is CCC(C)CCCCCCCCCCC(=O)O[C@H](COC(=O)CCCCCCCCCCCCC(C)C)COP(=O)(O)OC[C@@H](O)COP(=O)(O)OC[C@@H](COC(=O)CCCCCCCCC(C)CC)OC(=O)CCCCCCCCCCCCCCCCC(C)C. The topological polar surface area (TPSA) is 237 Å². The first kappa shape index (κ1) is 90.1. The number of hydrogen-bond acceptors (Lipinski definition) is 15. The molecule has 0 radical (unpaired) electrons. The van der Waals surface area contributed by atoms with Crippen LogP contribution in [-0.4, -0.2) is 96.7 Å². The molecule has 17 nitrogen and oxygen atoms in total. The van der Waals surface area contributed by atoms with Gasteiger partial charge in [-0.1, -0.05) is 312 Å². The van der Waals surface area contributed by atoms with Crippen molar-refractivity contribution in [1.82, 2.24) is 0 Å². The van der Waals surface area contributed by atoms with Gasteiger partial charge in [-0.05, 0) is 49.4 Å². The van der Waals surface area contributed by atoms with E-state index in [1.54, 1.807) is 0 Å². The van der Waals surface area contributed by atoms with Gasteiger partial charge < -0.3 is 33.8 Å². The number of phosphoric acid groups is 2. The Balaban J connectivity index is 5.25. The molecule has 0 aliphatic heterocycles. The number of hydrogen-bond donors (Lipinski definition) is 3. The summed E-state index contributed by atoms with van der Waals surface area (Å²) in [5.41, 5.74) is 0. The standard InChI is InChI=1S/C73H142O17P2/c1-9-65(7)51-43-35-27-23-24-30-40-48-56-73(78)90-68(59-83-70(75)53-45-37-28-21-18-17-20-26-34-42-50-64(5)6)61-87-91(79,80)85-57-67(74)58-86-92(81,82)88-62-69(60-84-71(76)54-46-38-32-31-36-44-52-66(8)10-2)89-72(77)55-47-39-29-22-16-14-12-11-13-15-19-25-33-41-49-63(3)4/h63-69,74H,9-62H2,1-8H3,(H,79,80)(H,81,82)/t65?,66?,67-,68-,69-/m1/s1. The predicted molar refractivity (Wildman–Crippen MR) is 372 cm³/mol. The van der Waals surface area contributed by atoms with E-state index in [0.29, 0.717) is 25.7 Å². The van der Waals surface area contributed by atoms with Crippen LogP contribution in [0.15, 0.2) is 0 Å². The molecule has 0 aliphatic carbocycles. The number of ether oxygens (including phenoxy) is 4. The summed E-state index contributed by atoms with van der Waals surface area (Å²) in [5.74, 6) is 0.927. The summed E-state index contributed by atoms with van der Waals surface area (Å²) in [6.07, 6.45) is 45.8. The minimum Gasteiger partial charge on any atom is -0.462 e. The van der Waals surface area contributed by atoms with E-state index < -0.39 is 97.5 Å². The smallest absolute Gasteiger partial charge is 0.462 e. The fraction of sp³-hybridized carbons (Fsp3) is 0.945. The summed E-state index contributed by atoms with van der Waals surface area (Å²) in [5, 5.41) is 10.6. The van der Waals surface area contributed by atoms with Crippen molar-refractivity contribution in [3.8, 4) is 0 Å². The molecule has 0 heterocycles. The first-order valence-electron chi connectivity index (χ1n) is 37.8. The summed E-state index contributed by atoms with van der Waals surface area (Å²) in [7, 11) is -9.91. The molecule has 0 aromatic carbocycles. The van der Waals surface area contributed by atoms with Crippen LogP contribution in [0.5, 0.6) is 0 Å². The zero-order valence-electron chi connectivity index (χ0n) is 60.2. The Morgan fingerprint density at radius 2 is 0.522 bits per heavy atom. The van der Waals surface area contributed by atoms with Crippen LogP contribution in [0, 0.1) is 23.7 Å². The molecule has 7 atom stereocenters. The third-order valence-electron chi connectivity index (χ3n) is 17.5. The number of carbonyl (C=O) groups is 4. The van der Waals surface area contributed by atoms with Gasteiger partial charge in [-0.3, -0.25) is 37.3 Å². The van der Waals surface area contributed by atoms with Crippen LogP contribution in [-0.2, 0) is 65.4 Å². The number of carbonyl (C=O) groups excluding carboxylic acids is 4. The van der Waals surface area contributed by atoms with Gasteiger partial charge in [0.25, 0.3) is 0 Å². The van der Waals surface area contributed by atoms with E-state index in [2.05, 4.69) is 55.4 Å². The van der Waals surface area contributed by atoms with Gasteiger partial charge in [-0.15, -0.1) is 0 Å². The van der Waals surface area contributed by atoms with Crippen LogP contribution in [0.1, 0.15) is 364 Å². The normalized spacial score (nSPS) is 14.8. The van der Waals surface area contributed by atoms with Crippen molar-refractivity contribution < 1.29 is 80.2 Å². The van der Waals surface area contributed by atoms with E-state index in [0.717, 1.165) is 120 Å². The lowest BCUT2D eigenvalue weighted by molar-refractivity contribution is -0.161. The molecule has 0 aliphatic rings. The van der Waals surface area contributed by atoms with Crippen molar-refractivity contribution in [1.29, 1.82) is 0 Å². The molecule has 546 valence electrons. The predicted octanol–water partition coefficient (Wildman–Crippen LogP) is 20.9. The molecule has 0 spiro atoms. The van der Waals surface area contributed by atoms with E-state index in [4.69, 9.17) is 37.0 Å². The summed E-state index contributed by atoms with van der Waals surface area (Å²) in [6.45, 7) is 14.1. The highest BCUT2D eigenvalue weighted by molar-refractivity contribution is 7.47. The van der Waals surface area contributed by atoms with Crippen molar-refractivity contribution in [3.63, 3.8) is 0 Å². The molecule has 0 saturated carbocycles. The van der Waals surface area contributed by atoms with Crippen molar-refractivity contribution in [2.24, 2.45) is 23.7 Å². The first-order valence-corrected chi connectivity index (χ1v) is 40.8. The number of esters is 4. The third-order valence-corrected chi connectivity index (χ3v) is 19.4. The largest absolute Gasteiger partial charge is 0.472 e. The van der Waals surface area contributed by atoms with Crippen LogP contribution < -0.4 is 0 Å². The van der Waals surface area contributed by atoms with Crippen LogP contribution in [0.3, 0.4) is 0 Å². The van der Waals surface area contributed by atoms with Crippen molar-refractivity contribution in [3.05, 3.63) is 0 Å². The van der Waals surface area contributed by atoms with Crippen molar-refractivity contribution >= 4 is 39.5 Å². The molecule has 4 unspecified atom stereocenters. The van der Waals surface area contributed by atoms with Crippen LogP contribution >= 0.6 is 15.6 Å². The lowest BCUT2D eigenvalue weighted by atomic mass is 9.99. The van der Waals surface area contributed by atoms with E-state index in [-0.39, 0.29) is 25.7 Å².